The number of carbonyl (C=O) groups excluding carboxylic acids is 2. The van der Waals surface area contributed by atoms with Crippen LogP contribution in [-0.2, 0) is 17.6 Å². The van der Waals surface area contributed by atoms with Crippen LogP contribution >= 0.6 is 0 Å². The van der Waals surface area contributed by atoms with Crippen molar-refractivity contribution in [2.75, 3.05) is 5.32 Å². The van der Waals surface area contributed by atoms with Crippen LogP contribution in [0.4, 0.5) is 5.69 Å². The number of aromatic nitrogens is 1. The van der Waals surface area contributed by atoms with Gasteiger partial charge in [-0.05, 0) is 80.0 Å². The lowest BCUT2D eigenvalue weighted by Crippen LogP contribution is -2.34. The van der Waals surface area contributed by atoms with Crippen molar-refractivity contribution in [3.63, 3.8) is 0 Å². The van der Waals surface area contributed by atoms with Gasteiger partial charge in [0.15, 0.2) is 0 Å². The highest BCUT2D eigenvalue weighted by atomic mass is 16.3. The molecule has 2 aromatic carbocycles. The molecule has 160 valence electrons. The van der Waals surface area contributed by atoms with E-state index in [2.05, 4.69) is 16.9 Å². The summed E-state index contributed by atoms with van der Waals surface area (Å²) in [4.78, 5) is 27.3. The maximum Gasteiger partial charge on any atom is 0.250 e. The Bertz CT molecular complexity index is 1200. The molecule has 1 heterocycles. The normalized spacial score (nSPS) is 16.0. The Labute approximate surface area is 181 Å². The number of fused-ring (bicyclic) bond motifs is 3. The molecule has 1 aliphatic carbocycles. The summed E-state index contributed by atoms with van der Waals surface area (Å²) in [6.45, 7) is 7.18. The summed E-state index contributed by atoms with van der Waals surface area (Å²) in [6, 6.07) is 11.2. The number of aliphatic hydroxyl groups is 1. The first-order chi connectivity index (χ1) is 14.7. The smallest absolute Gasteiger partial charge is 0.250 e. The summed E-state index contributed by atoms with van der Waals surface area (Å²) in [7, 11) is 0. The fraction of sp³-hybridized carbons (Fsp3) is 0.280. The second-order valence-electron chi connectivity index (χ2n) is 8.72. The van der Waals surface area contributed by atoms with Gasteiger partial charge < -0.3 is 21.1 Å². The Morgan fingerprint density at radius 3 is 2.74 bits per heavy atom. The van der Waals surface area contributed by atoms with Gasteiger partial charge in [-0.25, -0.2) is 0 Å². The minimum absolute atomic E-state index is 0.131. The molecule has 31 heavy (non-hydrogen) atoms. The lowest BCUT2D eigenvalue weighted by Gasteiger charge is -2.32. The molecule has 3 aromatic rings. The van der Waals surface area contributed by atoms with Crippen molar-refractivity contribution in [3.8, 4) is 11.1 Å². The number of aryl methyl sites for hydroxylation is 1. The van der Waals surface area contributed by atoms with Crippen LogP contribution in [0.15, 0.2) is 49.1 Å². The highest BCUT2D eigenvalue weighted by Crippen LogP contribution is 2.41. The van der Waals surface area contributed by atoms with Crippen molar-refractivity contribution in [1.29, 1.82) is 0 Å². The minimum atomic E-state index is -0.776. The van der Waals surface area contributed by atoms with Gasteiger partial charge in [-0.2, -0.15) is 0 Å². The molecule has 0 saturated heterocycles. The zero-order chi connectivity index (χ0) is 22.3. The topological polar surface area (TPSA) is 108 Å². The van der Waals surface area contributed by atoms with Gasteiger partial charge in [-0.15, -0.1) is 0 Å². The van der Waals surface area contributed by atoms with Crippen LogP contribution < -0.4 is 11.1 Å². The largest absolute Gasteiger partial charge is 0.390 e. The van der Waals surface area contributed by atoms with Crippen molar-refractivity contribution in [2.45, 2.75) is 38.7 Å². The van der Waals surface area contributed by atoms with Gasteiger partial charge in [0.2, 0.25) is 5.91 Å². The van der Waals surface area contributed by atoms with Crippen molar-refractivity contribution < 1.29 is 14.7 Å². The van der Waals surface area contributed by atoms with Crippen LogP contribution in [0.1, 0.15) is 41.9 Å². The fourth-order valence-corrected chi connectivity index (χ4v) is 4.55. The quantitative estimate of drug-likeness (QED) is 0.472. The number of H-pyrrole nitrogens is 1. The van der Waals surface area contributed by atoms with Gasteiger partial charge in [0.25, 0.3) is 5.91 Å². The monoisotopic (exact) mass is 417 g/mol. The Morgan fingerprint density at radius 2 is 2.06 bits per heavy atom. The highest BCUT2D eigenvalue weighted by molar-refractivity contribution is 6.11. The van der Waals surface area contributed by atoms with Gasteiger partial charge in [0, 0.05) is 16.8 Å². The van der Waals surface area contributed by atoms with E-state index in [1.165, 1.54) is 6.08 Å². The maximum absolute atomic E-state index is 12.1. The van der Waals surface area contributed by atoms with Crippen LogP contribution in [0, 0.1) is 5.92 Å². The number of hydrogen-bond acceptors (Lipinski definition) is 3. The lowest BCUT2D eigenvalue weighted by molar-refractivity contribution is -0.111. The summed E-state index contributed by atoms with van der Waals surface area (Å²) in [5, 5.41) is 14.3. The van der Waals surface area contributed by atoms with E-state index in [0.717, 1.165) is 46.1 Å². The Hall–Kier alpha value is -3.38. The summed E-state index contributed by atoms with van der Waals surface area (Å²) in [5.74, 6) is -0.629. The SMILES string of the molecule is C=CC(=O)Nc1cccc(-c2ccc(C(N)=O)c3[nH]c4c(c23)CCC(C(C)(C)O)C4)c1. The van der Waals surface area contributed by atoms with E-state index in [0.29, 0.717) is 17.7 Å². The molecule has 5 N–H and O–H groups in total. The Kier molecular flexibility index (Phi) is 5.19. The van der Waals surface area contributed by atoms with Gasteiger partial charge in [-0.3, -0.25) is 9.59 Å². The number of hydrogen-bond donors (Lipinski definition) is 4. The molecule has 0 spiro atoms. The number of primary amides is 1. The molecule has 1 aromatic heterocycles. The van der Waals surface area contributed by atoms with Gasteiger partial charge in [0.05, 0.1) is 16.7 Å². The number of nitrogens with two attached hydrogens (primary N) is 1. The second kappa shape index (κ2) is 7.71. The van der Waals surface area contributed by atoms with Crippen LogP contribution in [0.25, 0.3) is 22.0 Å². The first-order valence-corrected chi connectivity index (χ1v) is 10.4. The van der Waals surface area contributed by atoms with E-state index in [9.17, 15) is 14.7 Å². The molecule has 1 atom stereocenters. The molecule has 6 nitrogen and oxygen atoms in total. The Balaban J connectivity index is 1.88. The van der Waals surface area contributed by atoms with Crippen LogP contribution in [0.5, 0.6) is 0 Å². The lowest BCUT2D eigenvalue weighted by atomic mass is 9.77. The Morgan fingerprint density at radius 1 is 1.29 bits per heavy atom. The van der Waals surface area contributed by atoms with Crippen LogP contribution in [0.2, 0.25) is 0 Å². The second-order valence-corrected chi connectivity index (χ2v) is 8.72. The average molecular weight is 418 g/mol. The van der Waals surface area contributed by atoms with E-state index in [-0.39, 0.29) is 11.8 Å². The number of nitrogens with one attached hydrogen (secondary N) is 2. The number of aromatic amines is 1. The third-order valence-corrected chi connectivity index (χ3v) is 6.23. The number of anilines is 1. The summed E-state index contributed by atoms with van der Waals surface area (Å²) in [5.41, 5.74) is 10.8. The van der Waals surface area contributed by atoms with E-state index in [4.69, 9.17) is 5.73 Å². The molecular formula is C25H27N3O3. The van der Waals surface area contributed by atoms with Gasteiger partial charge >= 0.3 is 0 Å². The zero-order valence-corrected chi connectivity index (χ0v) is 17.8. The van der Waals surface area contributed by atoms with Gasteiger partial charge in [0.1, 0.15) is 0 Å². The predicted octanol–water partition coefficient (Wildman–Crippen LogP) is 3.93. The molecule has 0 radical (unpaired) electrons. The summed E-state index contributed by atoms with van der Waals surface area (Å²) >= 11 is 0. The van der Waals surface area contributed by atoms with Crippen molar-refractivity contribution >= 4 is 28.4 Å². The molecule has 0 fully saturated rings. The predicted molar refractivity (Wildman–Crippen MR) is 123 cm³/mol. The molecular weight excluding hydrogens is 390 g/mol. The fourth-order valence-electron chi connectivity index (χ4n) is 4.55. The van der Waals surface area contributed by atoms with Crippen LogP contribution in [-0.4, -0.2) is 27.5 Å². The average Bonchev–Trinajstić information content (AvgIpc) is 3.11. The first kappa shape index (κ1) is 20.9. The van der Waals surface area contributed by atoms with Gasteiger partial charge in [-0.1, -0.05) is 24.8 Å². The molecule has 0 saturated carbocycles. The number of carbonyl (C=O) groups is 2. The minimum Gasteiger partial charge on any atom is -0.390 e. The molecule has 6 heteroatoms. The number of amides is 2. The van der Waals surface area contributed by atoms with E-state index in [1.54, 1.807) is 6.07 Å². The standard InChI is InChI=1S/C25H27N3O3/c1-4-21(29)27-16-7-5-6-14(12-16)17-10-11-19(24(26)30)23-22(17)18-9-8-15(25(2,3)31)13-20(18)28-23/h4-7,10-12,15,28,31H,1,8-9,13H2,2-3H3,(H2,26,30)(H,27,29). The van der Waals surface area contributed by atoms with E-state index in [1.807, 2.05) is 44.2 Å². The maximum atomic E-state index is 12.1. The molecule has 1 unspecified atom stereocenters. The molecule has 4 rings (SSSR count). The molecule has 0 aliphatic heterocycles. The van der Waals surface area contributed by atoms with Crippen LogP contribution in [0.3, 0.4) is 0 Å². The third-order valence-electron chi connectivity index (χ3n) is 6.23. The summed E-state index contributed by atoms with van der Waals surface area (Å²) in [6.07, 6.45) is 3.60. The highest BCUT2D eigenvalue weighted by Gasteiger charge is 2.33. The molecule has 2 amide bonds. The van der Waals surface area contributed by atoms with E-state index < -0.39 is 11.5 Å². The van der Waals surface area contributed by atoms with E-state index >= 15 is 0 Å². The zero-order valence-electron chi connectivity index (χ0n) is 17.8. The first-order valence-electron chi connectivity index (χ1n) is 10.4. The van der Waals surface area contributed by atoms with Crippen molar-refractivity contribution in [3.05, 3.63) is 65.9 Å². The van der Waals surface area contributed by atoms with Crippen molar-refractivity contribution in [1.82, 2.24) is 4.98 Å². The third kappa shape index (κ3) is 3.86. The number of rotatable bonds is 5. The summed E-state index contributed by atoms with van der Waals surface area (Å²) < 4.78 is 0. The van der Waals surface area contributed by atoms with Crippen molar-refractivity contribution in [2.24, 2.45) is 11.7 Å². The molecule has 1 aliphatic rings. The number of benzene rings is 2. The molecule has 0 bridgehead atoms.